The lowest BCUT2D eigenvalue weighted by Crippen LogP contribution is -2.01. The molecule has 3 aromatic rings. The van der Waals surface area contributed by atoms with Gasteiger partial charge in [0, 0.05) is 24.0 Å². The first-order valence-corrected chi connectivity index (χ1v) is 8.33. The van der Waals surface area contributed by atoms with Gasteiger partial charge in [0.1, 0.15) is 5.82 Å². The first-order chi connectivity index (χ1) is 12.2. The summed E-state index contributed by atoms with van der Waals surface area (Å²) in [5, 5.41) is 10.6. The Kier molecular flexibility index (Phi) is 4.01. The summed E-state index contributed by atoms with van der Waals surface area (Å²) in [5.74, 6) is 2.80. The van der Waals surface area contributed by atoms with Crippen LogP contribution in [0, 0.1) is 0 Å². The van der Waals surface area contributed by atoms with Crippen molar-refractivity contribution in [2.45, 2.75) is 26.3 Å². The van der Waals surface area contributed by atoms with Gasteiger partial charge in [-0.25, -0.2) is 4.98 Å². The van der Waals surface area contributed by atoms with E-state index in [2.05, 4.69) is 34.3 Å². The van der Waals surface area contributed by atoms with Crippen LogP contribution in [0.5, 0.6) is 11.5 Å². The molecule has 1 aromatic carbocycles. The van der Waals surface area contributed by atoms with Crippen LogP contribution in [-0.2, 0) is 6.54 Å². The standard InChI is InChI=1S/C19H20N4O2/c1-12(2)19-15(10-22-23-19)14-5-6-20-18(8-14)21-9-13-3-4-16-17(7-13)25-11-24-16/h3-8,10,12H,9,11H2,1-2H3,(H,20,21)(H,22,23). The lowest BCUT2D eigenvalue weighted by Gasteiger charge is -2.10. The third kappa shape index (κ3) is 3.15. The molecule has 0 aliphatic carbocycles. The quantitative estimate of drug-likeness (QED) is 0.738. The summed E-state index contributed by atoms with van der Waals surface area (Å²) in [5.41, 5.74) is 4.46. The molecule has 4 rings (SSSR count). The molecule has 3 heterocycles. The maximum atomic E-state index is 5.42. The van der Waals surface area contributed by atoms with Gasteiger partial charge in [-0.05, 0) is 41.3 Å². The van der Waals surface area contributed by atoms with E-state index in [1.165, 1.54) is 0 Å². The predicted octanol–water partition coefficient (Wildman–Crippen LogP) is 3.94. The van der Waals surface area contributed by atoms with Gasteiger partial charge in [0.2, 0.25) is 6.79 Å². The molecule has 2 N–H and O–H groups in total. The monoisotopic (exact) mass is 336 g/mol. The molecule has 0 bridgehead atoms. The van der Waals surface area contributed by atoms with Crippen LogP contribution in [0.1, 0.15) is 31.0 Å². The molecule has 6 nitrogen and oxygen atoms in total. The van der Waals surface area contributed by atoms with Crippen LogP contribution >= 0.6 is 0 Å². The number of rotatable bonds is 5. The van der Waals surface area contributed by atoms with Crippen molar-refractivity contribution in [2.75, 3.05) is 12.1 Å². The lowest BCUT2D eigenvalue weighted by atomic mass is 10.0. The highest BCUT2D eigenvalue weighted by Crippen LogP contribution is 2.33. The van der Waals surface area contributed by atoms with E-state index in [-0.39, 0.29) is 0 Å². The topological polar surface area (TPSA) is 72.1 Å². The van der Waals surface area contributed by atoms with Crippen LogP contribution in [-0.4, -0.2) is 22.0 Å². The van der Waals surface area contributed by atoms with Crippen molar-refractivity contribution < 1.29 is 9.47 Å². The van der Waals surface area contributed by atoms with Crippen LogP contribution in [0.3, 0.4) is 0 Å². The second-order valence-corrected chi connectivity index (χ2v) is 6.32. The van der Waals surface area contributed by atoms with Crippen LogP contribution in [0.2, 0.25) is 0 Å². The maximum absolute atomic E-state index is 5.42. The molecular formula is C19H20N4O2. The molecule has 0 fully saturated rings. The van der Waals surface area contributed by atoms with Crippen molar-refractivity contribution in [2.24, 2.45) is 0 Å². The first kappa shape index (κ1) is 15.5. The first-order valence-electron chi connectivity index (χ1n) is 8.33. The zero-order valence-electron chi connectivity index (χ0n) is 14.2. The number of anilines is 1. The number of benzene rings is 1. The molecule has 0 saturated heterocycles. The maximum Gasteiger partial charge on any atom is 0.231 e. The van der Waals surface area contributed by atoms with E-state index in [1.54, 1.807) is 0 Å². The smallest absolute Gasteiger partial charge is 0.231 e. The van der Waals surface area contributed by atoms with Crippen molar-refractivity contribution in [3.63, 3.8) is 0 Å². The molecule has 0 saturated carbocycles. The zero-order chi connectivity index (χ0) is 17.2. The number of nitrogens with zero attached hydrogens (tertiary/aromatic N) is 2. The number of aromatic nitrogens is 3. The summed E-state index contributed by atoms with van der Waals surface area (Å²) in [7, 11) is 0. The Balaban J connectivity index is 1.51. The number of hydrogen-bond acceptors (Lipinski definition) is 5. The fraction of sp³-hybridized carbons (Fsp3) is 0.263. The molecular weight excluding hydrogens is 316 g/mol. The van der Waals surface area contributed by atoms with Gasteiger partial charge in [-0.3, -0.25) is 5.10 Å². The van der Waals surface area contributed by atoms with Gasteiger partial charge in [-0.15, -0.1) is 0 Å². The fourth-order valence-corrected chi connectivity index (χ4v) is 2.90. The molecule has 6 heteroatoms. The fourth-order valence-electron chi connectivity index (χ4n) is 2.90. The highest BCUT2D eigenvalue weighted by molar-refractivity contribution is 5.68. The molecule has 1 aliphatic rings. The van der Waals surface area contributed by atoms with E-state index in [1.807, 2.05) is 42.7 Å². The second-order valence-electron chi connectivity index (χ2n) is 6.32. The number of aromatic amines is 1. The molecule has 0 radical (unpaired) electrons. The molecule has 128 valence electrons. The molecule has 1 aliphatic heterocycles. The normalized spacial score (nSPS) is 12.6. The van der Waals surface area contributed by atoms with E-state index < -0.39 is 0 Å². The highest BCUT2D eigenvalue weighted by atomic mass is 16.7. The number of hydrogen-bond donors (Lipinski definition) is 2. The number of H-pyrrole nitrogens is 1. The molecule has 0 atom stereocenters. The summed E-state index contributed by atoms with van der Waals surface area (Å²) in [4.78, 5) is 4.41. The summed E-state index contributed by atoms with van der Waals surface area (Å²) < 4.78 is 10.8. The largest absolute Gasteiger partial charge is 0.454 e. The van der Waals surface area contributed by atoms with Crippen molar-refractivity contribution in [3.05, 3.63) is 54.0 Å². The molecule has 0 amide bonds. The van der Waals surface area contributed by atoms with E-state index in [0.29, 0.717) is 19.3 Å². The average molecular weight is 336 g/mol. The third-order valence-electron chi connectivity index (χ3n) is 4.23. The second kappa shape index (κ2) is 6.47. The van der Waals surface area contributed by atoms with Gasteiger partial charge in [-0.1, -0.05) is 19.9 Å². The number of fused-ring (bicyclic) bond motifs is 1. The van der Waals surface area contributed by atoms with Crippen molar-refractivity contribution in [1.82, 2.24) is 15.2 Å². The minimum Gasteiger partial charge on any atom is -0.454 e. The predicted molar refractivity (Wildman–Crippen MR) is 95.8 cm³/mol. The van der Waals surface area contributed by atoms with Gasteiger partial charge < -0.3 is 14.8 Å². The van der Waals surface area contributed by atoms with E-state index in [9.17, 15) is 0 Å². The van der Waals surface area contributed by atoms with Crippen LogP contribution in [0.15, 0.2) is 42.7 Å². The number of ether oxygens (including phenoxy) is 2. The van der Waals surface area contributed by atoms with Crippen molar-refractivity contribution in [1.29, 1.82) is 0 Å². The van der Waals surface area contributed by atoms with Crippen LogP contribution < -0.4 is 14.8 Å². The molecule has 0 unspecified atom stereocenters. The Bertz CT molecular complexity index is 889. The van der Waals surface area contributed by atoms with E-state index in [4.69, 9.17) is 9.47 Å². The zero-order valence-corrected chi connectivity index (χ0v) is 14.2. The Labute approximate surface area is 146 Å². The Morgan fingerprint density at radius 3 is 2.92 bits per heavy atom. The minimum absolute atomic E-state index is 0.290. The van der Waals surface area contributed by atoms with Gasteiger partial charge >= 0.3 is 0 Å². The summed E-state index contributed by atoms with van der Waals surface area (Å²) in [6.07, 6.45) is 3.68. The third-order valence-corrected chi connectivity index (χ3v) is 4.23. The van der Waals surface area contributed by atoms with Crippen LogP contribution in [0.4, 0.5) is 5.82 Å². The average Bonchev–Trinajstić information content (AvgIpc) is 3.29. The van der Waals surface area contributed by atoms with Gasteiger partial charge in [0.05, 0.1) is 6.20 Å². The van der Waals surface area contributed by atoms with Gasteiger partial charge in [0.25, 0.3) is 0 Å². The van der Waals surface area contributed by atoms with Crippen molar-refractivity contribution in [3.8, 4) is 22.6 Å². The Morgan fingerprint density at radius 2 is 2.04 bits per heavy atom. The van der Waals surface area contributed by atoms with E-state index >= 15 is 0 Å². The summed E-state index contributed by atoms with van der Waals surface area (Å²) in [6, 6.07) is 10.00. The minimum atomic E-state index is 0.290. The number of nitrogens with one attached hydrogen (secondary N) is 2. The molecule has 0 spiro atoms. The van der Waals surface area contributed by atoms with E-state index in [0.717, 1.165) is 39.7 Å². The lowest BCUT2D eigenvalue weighted by molar-refractivity contribution is 0.174. The summed E-state index contributed by atoms with van der Waals surface area (Å²) >= 11 is 0. The number of pyridine rings is 1. The van der Waals surface area contributed by atoms with Gasteiger partial charge in [0.15, 0.2) is 11.5 Å². The molecule has 2 aromatic heterocycles. The summed E-state index contributed by atoms with van der Waals surface area (Å²) in [6.45, 7) is 5.25. The Morgan fingerprint density at radius 1 is 1.16 bits per heavy atom. The molecule has 25 heavy (non-hydrogen) atoms. The van der Waals surface area contributed by atoms with Gasteiger partial charge in [-0.2, -0.15) is 5.10 Å². The Hall–Kier alpha value is -3.02. The SMILES string of the molecule is CC(C)c1[nH]ncc1-c1ccnc(NCc2ccc3c(c2)OCO3)c1. The van der Waals surface area contributed by atoms with Crippen molar-refractivity contribution >= 4 is 5.82 Å². The van der Waals surface area contributed by atoms with Crippen LogP contribution in [0.25, 0.3) is 11.1 Å². The highest BCUT2D eigenvalue weighted by Gasteiger charge is 2.14.